The number of nitrogens with one attached hydrogen (secondary N) is 2. The van der Waals surface area contributed by atoms with Crippen molar-refractivity contribution < 1.29 is 0 Å². The van der Waals surface area contributed by atoms with Crippen LogP contribution in [-0.4, -0.2) is 44.0 Å². The highest BCUT2D eigenvalue weighted by molar-refractivity contribution is 5.95. The molecule has 0 rings (SSSR count). The molecule has 0 spiro atoms. The maximum absolute atomic E-state index is 6.87. The van der Waals surface area contributed by atoms with Crippen LogP contribution in [0.3, 0.4) is 0 Å². The smallest absolute Gasteiger partial charge is 0.195 e. The van der Waals surface area contributed by atoms with Crippen LogP contribution in [0, 0.1) is 5.41 Å². The van der Waals surface area contributed by atoms with Crippen molar-refractivity contribution in [3.63, 3.8) is 0 Å². The molecule has 0 bridgehead atoms. The van der Waals surface area contributed by atoms with E-state index in [0.29, 0.717) is 6.54 Å². The molecule has 0 fully saturated rings. The molecule has 0 saturated carbocycles. The quantitative estimate of drug-likeness (QED) is 0.250. The Kier molecular flexibility index (Phi) is 5.62. The second kappa shape index (κ2) is 6.24. The first-order valence-corrected chi connectivity index (χ1v) is 4.08. The molecule has 6 N–H and O–H groups in total. The van der Waals surface area contributed by atoms with Crippen molar-refractivity contribution in [2.45, 2.75) is 6.42 Å². The van der Waals surface area contributed by atoms with E-state index in [0.717, 1.165) is 13.0 Å². The summed E-state index contributed by atoms with van der Waals surface area (Å²) in [4.78, 5) is 6.05. The van der Waals surface area contributed by atoms with Crippen LogP contribution >= 0.6 is 0 Å². The zero-order chi connectivity index (χ0) is 10.3. The lowest BCUT2D eigenvalue weighted by Crippen LogP contribution is -2.40. The molecular weight excluding hydrogens is 168 g/mol. The molecule has 0 aliphatic heterocycles. The Balaban J connectivity index is 3.53. The van der Waals surface area contributed by atoms with E-state index in [1.54, 1.807) is 0 Å². The highest BCUT2D eigenvalue weighted by Crippen LogP contribution is 1.83. The SMILES string of the molecule is CN(C)CCCN=C(N)NC(=N)N. The van der Waals surface area contributed by atoms with Crippen molar-refractivity contribution in [3.05, 3.63) is 0 Å². The van der Waals surface area contributed by atoms with Crippen molar-refractivity contribution in [3.8, 4) is 0 Å². The second-order valence-electron chi connectivity index (χ2n) is 2.96. The molecule has 13 heavy (non-hydrogen) atoms. The maximum Gasteiger partial charge on any atom is 0.195 e. The van der Waals surface area contributed by atoms with Crippen LogP contribution in [0.4, 0.5) is 0 Å². The summed E-state index contributed by atoms with van der Waals surface area (Å²) >= 11 is 0. The first kappa shape index (κ1) is 11.7. The third-order valence-corrected chi connectivity index (χ3v) is 1.31. The van der Waals surface area contributed by atoms with E-state index in [2.05, 4.69) is 15.2 Å². The summed E-state index contributed by atoms with van der Waals surface area (Å²) in [7, 11) is 4.00. The summed E-state index contributed by atoms with van der Waals surface area (Å²) in [5.41, 5.74) is 10.4. The normalized spacial score (nSPS) is 11.8. The number of hydrogen-bond donors (Lipinski definition) is 4. The molecule has 0 aromatic carbocycles. The predicted molar refractivity (Wildman–Crippen MR) is 54.7 cm³/mol. The summed E-state index contributed by atoms with van der Waals surface area (Å²) < 4.78 is 0. The van der Waals surface area contributed by atoms with Gasteiger partial charge in [-0.15, -0.1) is 0 Å². The molecule has 6 nitrogen and oxygen atoms in total. The largest absolute Gasteiger partial charge is 0.370 e. The maximum atomic E-state index is 6.87. The van der Waals surface area contributed by atoms with E-state index >= 15 is 0 Å². The van der Waals surface area contributed by atoms with Gasteiger partial charge in [0.05, 0.1) is 0 Å². The highest BCUT2D eigenvalue weighted by atomic mass is 15.2. The van der Waals surface area contributed by atoms with Gasteiger partial charge in [-0.3, -0.25) is 15.7 Å². The molecule has 0 amide bonds. The third kappa shape index (κ3) is 8.61. The molecule has 0 heterocycles. The van der Waals surface area contributed by atoms with Crippen LogP contribution in [0.5, 0.6) is 0 Å². The number of rotatable bonds is 4. The van der Waals surface area contributed by atoms with Gasteiger partial charge in [-0.05, 0) is 27.1 Å². The standard InChI is InChI=1S/C7H18N6/c1-13(2)5-3-4-11-7(10)12-6(8)9/h3-5H2,1-2H3,(H6,8,9,10,11,12). The lowest BCUT2D eigenvalue weighted by atomic mass is 10.4. The van der Waals surface area contributed by atoms with Crippen LogP contribution in [0.1, 0.15) is 6.42 Å². The number of hydrogen-bond acceptors (Lipinski definition) is 3. The summed E-state index contributed by atoms with van der Waals surface area (Å²) in [6.45, 7) is 1.61. The minimum Gasteiger partial charge on any atom is -0.370 e. The lowest BCUT2D eigenvalue weighted by Gasteiger charge is -2.07. The molecule has 0 radical (unpaired) electrons. The molecule has 0 aliphatic carbocycles. The van der Waals surface area contributed by atoms with Gasteiger partial charge < -0.3 is 16.4 Å². The fraction of sp³-hybridized carbons (Fsp3) is 0.714. The Morgan fingerprint density at radius 2 is 2.08 bits per heavy atom. The molecule has 0 aliphatic rings. The third-order valence-electron chi connectivity index (χ3n) is 1.31. The van der Waals surface area contributed by atoms with Crippen LogP contribution in [-0.2, 0) is 0 Å². The molecule has 0 atom stereocenters. The lowest BCUT2D eigenvalue weighted by molar-refractivity contribution is 0.403. The molecule has 0 saturated heterocycles. The summed E-state index contributed by atoms with van der Waals surface area (Å²) in [5.74, 6) is 0.0140. The molecule has 0 aromatic rings. The Bertz CT molecular complexity index is 185. The number of guanidine groups is 2. The van der Waals surface area contributed by atoms with Gasteiger partial charge in [0, 0.05) is 6.54 Å². The van der Waals surface area contributed by atoms with Gasteiger partial charge in [0.15, 0.2) is 11.9 Å². The molecular formula is C7H18N6. The average Bonchev–Trinajstić information content (AvgIpc) is 1.96. The zero-order valence-electron chi connectivity index (χ0n) is 8.17. The van der Waals surface area contributed by atoms with Gasteiger partial charge in [-0.1, -0.05) is 0 Å². The Labute approximate surface area is 78.5 Å². The molecule has 6 heteroatoms. The Hall–Kier alpha value is -1.30. The van der Waals surface area contributed by atoms with Gasteiger partial charge in [-0.25, -0.2) is 0 Å². The molecule has 76 valence electrons. The van der Waals surface area contributed by atoms with E-state index < -0.39 is 0 Å². The van der Waals surface area contributed by atoms with Crippen LogP contribution in [0.25, 0.3) is 0 Å². The van der Waals surface area contributed by atoms with E-state index in [1.165, 1.54) is 0 Å². The molecule has 0 aromatic heterocycles. The predicted octanol–water partition coefficient (Wildman–Crippen LogP) is -1.26. The summed E-state index contributed by atoms with van der Waals surface area (Å²) in [6, 6.07) is 0. The van der Waals surface area contributed by atoms with Gasteiger partial charge >= 0.3 is 0 Å². The van der Waals surface area contributed by atoms with Crippen LogP contribution < -0.4 is 16.8 Å². The Morgan fingerprint density at radius 1 is 1.46 bits per heavy atom. The summed E-state index contributed by atoms with van der Waals surface area (Å²) in [6.07, 6.45) is 0.938. The van der Waals surface area contributed by atoms with Crippen molar-refractivity contribution in [2.75, 3.05) is 27.2 Å². The fourth-order valence-corrected chi connectivity index (χ4v) is 0.764. The van der Waals surface area contributed by atoms with Crippen molar-refractivity contribution in [2.24, 2.45) is 16.5 Å². The van der Waals surface area contributed by atoms with Gasteiger partial charge in [0.25, 0.3) is 0 Å². The summed E-state index contributed by atoms with van der Waals surface area (Å²) in [5, 5.41) is 9.28. The highest BCUT2D eigenvalue weighted by Gasteiger charge is 1.92. The Morgan fingerprint density at radius 3 is 2.54 bits per heavy atom. The van der Waals surface area contributed by atoms with Crippen molar-refractivity contribution in [1.82, 2.24) is 10.2 Å². The minimum absolute atomic E-state index is 0.186. The molecule has 0 unspecified atom stereocenters. The van der Waals surface area contributed by atoms with Crippen molar-refractivity contribution in [1.29, 1.82) is 5.41 Å². The first-order valence-electron chi connectivity index (χ1n) is 4.08. The van der Waals surface area contributed by atoms with Crippen molar-refractivity contribution >= 4 is 11.9 Å². The number of nitrogens with zero attached hydrogens (tertiary/aromatic N) is 2. The fourth-order valence-electron chi connectivity index (χ4n) is 0.764. The van der Waals surface area contributed by atoms with E-state index in [1.807, 2.05) is 14.1 Å². The van der Waals surface area contributed by atoms with Crippen LogP contribution in [0.2, 0.25) is 0 Å². The van der Waals surface area contributed by atoms with E-state index in [9.17, 15) is 0 Å². The monoisotopic (exact) mass is 186 g/mol. The van der Waals surface area contributed by atoms with E-state index in [-0.39, 0.29) is 11.9 Å². The van der Waals surface area contributed by atoms with Gasteiger partial charge in [0.2, 0.25) is 0 Å². The first-order chi connectivity index (χ1) is 6.02. The second-order valence-corrected chi connectivity index (χ2v) is 2.96. The van der Waals surface area contributed by atoms with Crippen LogP contribution in [0.15, 0.2) is 4.99 Å². The number of nitrogens with two attached hydrogens (primary N) is 2. The van der Waals surface area contributed by atoms with E-state index in [4.69, 9.17) is 16.9 Å². The number of aliphatic imine (C=N–C) groups is 1. The van der Waals surface area contributed by atoms with Gasteiger partial charge in [-0.2, -0.15) is 0 Å². The van der Waals surface area contributed by atoms with Gasteiger partial charge in [0.1, 0.15) is 0 Å². The zero-order valence-corrected chi connectivity index (χ0v) is 8.17. The minimum atomic E-state index is -0.186. The average molecular weight is 186 g/mol. The topological polar surface area (TPSA) is 104 Å².